The average molecular weight is 451 g/mol. The molecule has 0 aromatic heterocycles. The maximum absolute atomic E-state index is 12.6. The minimum absolute atomic E-state index is 0.162. The van der Waals surface area contributed by atoms with Gasteiger partial charge in [-0.3, -0.25) is 4.79 Å². The molecule has 0 bridgehead atoms. The van der Waals surface area contributed by atoms with Gasteiger partial charge in [-0.25, -0.2) is 13.1 Å². The molecule has 154 valence electrons. The van der Waals surface area contributed by atoms with Crippen LogP contribution in [0.1, 0.15) is 24.0 Å². The molecule has 1 amide bonds. The molecule has 1 aliphatic carbocycles. The number of fused-ring (bicyclic) bond motifs is 1. The van der Waals surface area contributed by atoms with Gasteiger partial charge in [-0.2, -0.15) is 11.8 Å². The fourth-order valence-corrected chi connectivity index (χ4v) is 5.70. The maximum Gasteiger partial charge on any atom is 0.240 e. The molecule has 29 heavy (non-hydrogen) atoms. The Hall–Kier alpha value is -1.54. The summed E-state index contributed by atoms with van der Waals surface area (Å²) in [6.45, 7) is 0.999. The number of anilines is 1. The molecule has 2 aromatic carbocycles. The van der Waals surface area contributed by atoms with Crippen LogP contribution in [0.4, 0.5) is 5.69 Å². The number of carbonyl (C=O) groups is 1. The lowest BCUT2D eigenvalue weighted by Crippen LogP contribution is -2.30. The second-order valence-electron chi connectivity index (χ2n) is 7.38. The molecule has 1 saturated carbocycles. The number of nitrogens with zero attached hydrogens (tertiary/aromatic N) is 1. The van der Waals surface area contributed by atoms with Crippen LogP contribution in [0.2, 0.25) is 5.02 Å². The fourth-order valence-electron chi connectivity index (χ4n) is 3.47. The SMILES string of the molecule is O=C(C1CC1)N1CCc2cc(S(=O)(=O)NCCSCc3cccc(Cl)c3)ccc21. The lowest BCUT2D eigenvalue weighted by molar-refractivity contribution is -0.119. The molecule has 1 aliphatic heterocycles. The number of halogens is 1. The summed E-state index contributed by atoms with van der Waals surface area (Å²) in [5.41, 5.74) is 2.91. The van der Waals surface area contributed by atoms with Crippen LogP contribution < -0.4 is 9.62 Å². The van der Waals surface area contributed by atoms with E-state index in [4.69, 9.17) is 11.6 Å². The number of carbonyl (C=O) groups excluding carboxylic acids is 1. The van der Waals surface area contributed by atoms with E-state index in [1.54, 1.807) is 30.0 Å². The average Bonchev–Trinajstić information content (AvgIpc) is 3.46. The van der Waals surface area contributed by atoms with Gasteiger partial charge in [0.15, 0.2) is 0 Å². The summed E-state index contributed by atoms with van der Waals surface area (Å²) in [6, 6.07) is 12.7. The van der Waals surface area contributed by atoms with Gasteiger partial charge in [0.1, 0.15) is 0 Å². The molecule has 1 heterocycles. The first-order valence-electron chi connectivity index (χ1n) is 9.70. The van der Waals surface area contributed by atoms with Crippen LogP contribution in [0.25, 0.3) is 0 Å². The summed E-state index contributed by atoms with van der Waals surface area (Å²) in [5.74, 6) is 1.79. The monoisotopic (exact) mass is 450 g/mol. The number of hydrogen-bond donors (Lipinski definition) is 1. The number of amides is 1. The van der Waals surface area contributed by atoms with Crippen molar-refractivity contribution in [2.45, 2.75) is 29.9 Å². The normalized spacial score (nSPS) is 16.1. The van der Waals surface area contributed by atoms with E-state index in [0.717, 1.165) is 35.4 Å². The van der Waals surface area contributed by atoms with Gasteiger partial charge in [0.25, 0.3) is 0 Å². The Bertz CT molecular complexity index is 1020. The number of thioether (sulfide) groups is 1. The maximum atomic E-state index is 12.6. The van der Waals surface area contributed by atoms with Crippen LogP contribution in [0.5, 0.6) is 0 Å². The van der Waals surface area contributed by atoms with Crippen LogP contribution in [0.15, 0.2) is 47.4 Å². The smallest absolute Gasteiger partial charge is 0.240 e. The Morgan fingerprint density at radius 1 is 1.21 bits per heavy atom. The Balaban J connectivity index is 1.31. The molecule has 2 aliphatic rings. The van der Waals surface area contributed by atoms with Crippen molar-refractivity contribution < 1.29 is 13.2 Å². The topological polar surface area (TPSA) is 66.5 Å². The Kier molecular flexibility index (Phi) is 6.20. The van der Waals surface area contributed by atoms with Crippen molar-refractivity contribution in [1.29, 1.82) is 0 Å². The zero-order valence-electron chi connectivity index (χ0n) is 15.9. The number of nitrogens with one attached hydrogen (secondary N) is 1. The van der Waals surface area contributed by atoms with E-state index < -0.39 is 10.0 Å². The van der Waals surface area contributed by atoms with Crippen molar-refractivity contribution in [1.82, 2.24) is 4.72 Å². The Labute approximate surface area is 180 Å². The molecular formula is C21H23ClN2O3S2. The Morgan fingerprint density at radius 2 is 2.03 bits per heavy atom. The van der Waals surface area contributed by atoms with Crippen molar-refractivity contribution in [2.75, 3.05) is 23.7 Å². The second-order valence-corrected chi connectivity index (χ2v) is 10.7. The van der Waals surface area contributed by atoms with Gasteiger partial charge in [-0.15, -0.1) is 0 Å². The summed E-state index contributed by atoms with van der Waals surface area (Å²) < 4.78 is 27.9. The molecule has 0 spiro atoms. The third-order valence-corrected chi connectivity index (χ3v) is 7.87. The minimum Gasteiger partial charge on any atom is -0.312 e. The Morgan fingerprint density at radius 3 is 2.79 bits per heavy atom. The number of benzene rings is 2. The predicted octanol–water partition coefficient (Wildman–Crippen LogP) is 3.85. The molecule has 5 nitrogen and oxygen atoms in total. The predicted molar refractivity (Wildman–Crippen MR) is 118 cm³/mol. The molecular weight excluding hydrogens is 428 g/mol. The molecule has 0 saturated heterocycles. The van der Waals surface area contributed by atoms with Gasteiger partial charge in [0.2, 0.25) is 15.9 Å². The third kappa shape index (κ3) is 4.97. The zero-order chi connectivity index (χ0) is 20.4. The molecule has 0 atom stereocenters. The van der Waals surface area contributed by atoms with E-state index >= 15 is 0 Å². The molecule has 8 heteroatoms. The summed E-state index contributed by atoms with van der Waals surface area (Å²) >= 11 is 7.63. The van der Waals surface area contributed by atoms with Crippen molar-refractivity contribution in [2.24, 2.45) is 5.92 Å². The number of rotatable bonds is 8. The minimum atomic E-state index is -3.56. The molecule has 4 rings (SSSR count). The highest BCUT2D eigenvalue weighted by molar-refractivity contribution is 7.98. The lowest BCUT2D eigenvalue weighted by atomic mass is 10.2. The summed E-state index contributed by atoms with van der Waals surface area (Å²) in [6.07, 6.45) is 2.64. The highest BCUT2D eigenvalue weighted by Gasteiger charge is 2.36. The summed E-state index contributed by atoms with van der Waals surface area (Å²) in [4.78, 5) is 14.4. The van der Waals surface area contributed by atoms with E-state index in [1.807, 2.05) is 29.2 Å². The second kappa shape index (κ2) is 8.68. The molecule has 1 N–H and O–H groups in total. The third-order valence-electron chi connectivity index (χ3n) is 5.15. The van der Waals surface area contributed by atoms with Gasteiger partial charge in [-0.1, -0.05) is 23.7 Å². The lowest BCUT2D eigenvalue weighted by Gasteiger charge is -2.17. The van der Waals surface area contributed by atoms with E-state index in [-0.39, 0.29) is 16.7 Å². The van der Waals surface area contributed by atoms with E-state index in [1.165, 1.54) is 0 Å². The molecule has 0 radical (unpaired) electrons. The standard InChI is InChI=1S/C21H23ClN2O3S2/c22-18-3-1-2-15(12-18)14-28-11-9-23-29(26,27)19-6-7-20-17(13-19)8-10-24(20)21(25)16-4-5-16/h1-3,6-7,12-13,16,23H,4-5,8-11,14H2. The highest BCUT2D eigenvalue weighted by Crippen LogP contribution is 2.37. The first-order chi connectivity index (χ1) is 13.9. The first-order valence-corrected chi connectivity index (χ1v) is 12.7. The van der Waals surface area contributed by atoms with Crippen molar-refractivity contribution >= 4 is 45.0 Å². The van der Waals surface area contributed by atoms with Crippen molar-refractivity contribution in [3.8, 4) is 0 Å². The van der Waals surface area contributed by atoms with Gasteiger partial charge < -0.3 is 4.90 Å². The van der Waals surface area contributed by atoms with Crippen LogP contribution >= 0.6 is 23.4 Å². The highest BCUT2D eigenvalue weighted by atomic mass is 35.5. The van der Waals surface area contributed by atoms with E-state index in [9.17, 15) is 13.2 Å². The van der Waals surface area contributed by atoms with E-state index in [2.05, 4.69) is 4.72 Å². The number of sulfonamides is 1. The zero-order valence-corrected chi connectivity index (χ0v) is 18.3. The van der Waals surface area contributed by atoms with Gasteiger partial charge >= 0.3 is 0 Å². The molecule has 0 unspecified atom stereocenters. The largest absolute Gasteiger partial charge is 0.312 e. The number of hydrogen-bond acceptors (Lipinski definition) is 4. The van der Waals surface area contributed by atoms with Crippen LogP contribution in [0.3, 0.4) is 0 Å². The van der Waals surface area contributed by atoms with Crippen molar-refractivity contribution in [3.05, 3.63) is 58.6 Å². The van der Waals surface area contributed by atoms with Crippen LogP contribution in [0, 0.1) is 5.92 Å². The van der Waals surface area contributed by atoms with Crippen molar-refractivity contribution in [3.63, 3.8) is 0 Å². The molecule has 1 fully saturated rings. The first kappa shape index (κ1) is 20.7. The quantitative estimate of drug-likeness (QED) is 0.620. The fraction of sp³-hybridized carbons (Fsp3) is 0.381. The summed E-state index contributed by atoms with van der Waals surface area (Å²) in [7, 11) is -3.56. The summed E-state index contributed by atoms with van der Waals surface area (Å²) in [5, 5.41) is 0.706. The van der Waals surface area contributed by atoms with Crippen LogP contribution in [-0.2, 0) is 27.0 Å². The van der Waals surface area contributed by atoms with E-state index in [0.29, 0.717) is 30.3 Å². The van der Waals surface area contributed by atoms with Gasteiger partial charge in [-0.05, 0) is 60.7 Å². The molecule has 2 aromatic rings. The van der Waals surface area contributed by atoms with Gasteiger partial charge in [0.05, 0.1) is 4.90 Å². The van der Waals surface area contributed by atoms with Gasteiger partial charge in [0, 0.05) is 41.2 Å². The van der Waals surface area contributed by atoms with Crippen LogP contribution in [-0.4, -0.2) is 33.2 Å².